The Labute approximate surface area is 211 Å². The molecular weight excluding hydrogens is 464 g/mol. The smallest absolute Gasteiger partial charge is 0.169 e. The van der Waals surface area contributed by atoms with Gasteiger partial charge in [0.25, 0.3) is 0 Å². The number of allylic oxidation sites excluding steroid dienone is 3. The summed E-state index contributed by atoms with van der Waals surface area (Å²) in [7, 11) is 1.70. The number of H-pyrrole nitrogens is 1. The average Bonchev–Trinajstić information content (AvgIpc) is 3.23. The minimum atomic E-state index is -1.33. The lowest BCUT2D eigenvalue weighted by atomic mass is 9.80. The first-order valence-electron chi connectivity index (χ1n) is 13.0. The number of alkyl halides is 2. The first-order chi connectivity index (χ1) is 17.5. The van der Waals surface area contributed by atoms with Gasteiger partial charge in [0.05, 0.1) is 38.8 Å². The Morgan fingerprint density at radius 3 is 2.78 bits per heavy atom. The van der Waals surface area contributed by atoms with Gasteiger partial charge in [0.2, 0.25) is 0 Å². The number of benzene rings is 1. The van der Waals surface area contributed by atoms with Crippen LogP contribution in [0.15, 0.2) is 47.9 Å². The van der Waals surface area contributed by atoms with Crippen molar-refractivity contribution in [1.82, 2.24) is 15.2 Å². The van der Waals surface area contributed by atoms with Crippen molar-refractivity contribution < 1.29 is 23.0 Å². The van der Waals surface area contributed by atoms with Crippen molar-refractivity contribution in [3.8, 4) is 0 Å². The van der Waals surface area contributed by atoms with Gasteiger partial charge in [-0.2, -0.15) is 0 Å². The SMILES string of the molecule is COC1=CC=C(OCCNCCCF)CC1[C@@H]1c2[nH]c3ccccc3c2C[C@@H](C)N1CC1(F)COC1. The van der Waals surface area contributed by atoms with Crippen LogP contribution in [0.3, 0.4) is 0 Å². The molecule has 1 fully saturated rings. The fourth-order valence-electron chi connectivity index (χ4n) is 5.82. The van der Waals surface area contributed by atoms with Gasteiger partial charge in [0, 0.05) is 48.1 Å². The molecule has 1 aliphatic carbocycles. The number of aromatic amines is 1. The molecule has 3 heterocycles. The third kappa shape index (κ3) is 5.04. The third-order valence-electron chi connectivity index (χ3n) is 7.64. The van der Waals surface area contributed by atoms with Gasteiger partial charge in [-0.1, -0.05) is 18.2 Å². The number of para-hydroxylation sites is 1. The summed E-state index contributed by atoms with van der Waals surface area (Å²) >= 11 is 0. The maximum absolute atomic E-state index is 15.4. The Bertz CT molecular complexity index is 1110. The molecule has 0 radical (unpaired) electrons. The monoisotopic (exact) mass is 501 g/mol. The lowest BCUT2D eigenvalue weighted by Gasteiger charge is -2.48. The highest BCUT2D eigenvalue weighted by Gasteiger charge is 2.48. The number of halogens is 2. The molecule has 0 saturated carbocycles. The first-order valence-corrected chi connectivity index (χ1v) is 13.0. The molecule has 3 aliphatic rings. The van der Waals surface area contributed by atoms with Crippen molar-refractivity contribution in [1.29, 1.82) is 0 Å². The molecule has 3 atom stereocenters. The molecule has 0 bridgehead atoms. The molecule has 0 spiro atoms. The minimum Gasteiger partial charge on any atom is -0.501 e. The number of ether oxygens (including phenoxy) is 3. The molecule has 6 nitrogen and oxygen atoms in total. The molecule has 1 unspecified atom stereocenters. The van der Waals surface area contributed by atoms with Gasteiger partial charge >= 0.3 is 0 Å². The highest BCUT2D eigenvalue weighted by atomic mass is 19.1. The summed E-state index contributed by atoms with van der Waals surface area (Å²) in [6.07, 6.45) is 5.97. The molecule has 1 aromatic heterocycles. The molecule has 36 heavy (non-hydrogen) atoms. The van der Waals surface area contributed by atoms with E-state index in [1.54, 1.807) is 7.11 Å². The van der Waals surface area contributed by atoms with Crippen LogP contribution in [0, 0.1) is 5.92 Å². The highest BCUT2D eigenvalue weighted by molar-refractivity contribution is 5.85. The maximum atomic E-state index is 15.4. The van der Waals surface area contributed by atoms with E-state index in [9.17, 15) is 4.39 Å². The van der Waals surface area contributed by atoms with E-state index in [1.165, 1.54) is 10.9 Å². The summed E-state index contributed by atoms with van der Waals surface area (Å²) in [4.78, 5) is 5.99. The maximum Gasteiger partial charge on any atom is 0.169 e. The molecule has 5 rings (SSSR count). The summed E-state index contributed by atoms with van der Waals surface area (Å²) in [5.74, 6) is 1.72. The van der Waals surface area contributed by atoms with E-state index in [-0.39, 0.29) is 37.9 Å². The van der Waals surface area contributed by atoms with Crippen LogP contribution < -0.4 is 5.32 Å². The lowest BCUT2D eigenvalue weighted by molar-refractivity contribution is -0.152. The van der Waals surface area contributed by atoms with Crippen LogP contribution in [-0.4, -0.2) is 74.8 Å². The largest absolute Gasteiger partial charge is 0.501 e. The lowest BCUT2D eigenvalue weighted by Crippen LogP contribution is -2.58. The molecule has 1 aromatic carbocycles. The Morgan fingerprint density at radius 2 is 2.03 bits per heavy atom. The number of nitrogens with zero attached hydrogens (tertiary/aromatic N) is 1. The summed E-state index contributed by atoms with van der Waals surface area (Å²) in [6, 6.07) is 8.45. The number of hydrogen-bond donors (Lipinski definition) is 2. The van der Waals surface area contributed by atoms with Crippen LogP contribution in [0.1, 0.15) is 37.1 Å². The fraction of sp³-hybridized carbons (Fsp3) is 0.571. The Balaban J connectivity index is 1.43. The van der Waals surface area contributed by atoms with Crippen molar-refractivity contribution in [3.05, 3.63) is 59.2 Å². The second-order valence-corrected chi connectivity index (χ2v) is 10.2. The predicted molar refractivity (Wildman–Crippen MR) is 136 cm³/mol. The summed E-state index contributed by atoms with van der Waals surface area (Å²) in [6.45, 7) is 4.29. The zero-order valence-corrected chi connectivity index (χ0v) is 21.2. The summed E-state index contributed by atoms with van der Waals surface area (Å²) in [5, 5.41) is 4.43. The van der Waals surface area contributed by atoms with Gasteiger partial charge in [-0.05, 0) is 50.1 Å². The van der Waals surface area contributed by atoms with Crippen LogP contribution >= 0.6 is 0 Å². The van der Waals surface area contributed by atoms with Crippen molar-refractivity contribution in [2.24, 2.45) is 5.92 Å². The number of aromatic nitrogens is 1. The van der Waals surface area contributed by atoms with E-state index >= 15 is 4.39 Å². The molecular formula is C28H37F2N3O3. The normalized spacial score (nSPS) is 25.6. The number of methoxy groups -OCH3 is 1. The van der Waals surface area contributed by atoms with E-state index < -0.39 is 5.67 Å². The second kappa shape index (κ2) is 10.9. The van der Waals surface area contributed by atoms with E-state index in [0.717, 1.165) is 29.1 Å². The zero-order valence-electron chi connectivity index (χ0n) is 21.2. The van der Waals surface area contributed by atoms with Gasteiger partial charge < -0.3 is 24.5 Å². The fourth-order valence-corrected chi connectivity index (χ4v) is 5.82. The van der Waals surface area contributed by atoms with Crippen LogP contribution in [0.2, 0.25) is 0 Å². The van der Waals surface area contributed by atoms with E-state index in [1.807, 2.05) is 18.2 Å². The molecule has 8 heteroatoms. The van der Waals surface area contributed by atoms with E-state index in [2.05, 4.69) is 40.3 Å². The van der Waals surface area contributed by atoms with Gasteiger partial charge in [-0.3, -0.25) is 9.29 Å². The molecule has 2 N–H and O–H groups in total. The number of rotatable bonds is 11. The molecule has 1 saturated heterocycles. The van der Waals surface area contributed by atoms with Crippen LogP contribution in [0.25, 0.3) is 10.9 Å². The molecule has 196 valence electrons. The summed E-state index contributed by atoms with van der Waals surface area (Å²) < 4.78 is 45.0. The predicted octanol–water partition coefficient (Wildman–Crippen LogP) is 4.59. The molecule has 2 aliphatic heterocycles. The standard InChI is InChI=1S/C28H37F2N3O3/c1-19-14-22-21-6-3-4-7-24(21)32-26(22)27(33(19)16-28(30)17-35-18-28)23-15-20(8-9-25(23)34-2)36-13-12-31-11-5-10-29/h3-4,6-9,19,23,27,31-32H,5,10-18H2,1-2H3/t19-,23?,27-/m1/s1. The van der Waals surface area contributed by atoms with Gasteiger partial charge in [-0.15, -0.1) is 0 Å². The second-order valence-electron chi connectivity index (χ2n) is 10.2. The number of fused-ring (bicyclic) bond motifs is 3. The number of hydrogen-bond acceptors (Lipinski definition) is 5. The van der Waals surface area contributed by atoms with E-state index in [0.29, 0.717) is 39.1 Å². The van der Waals surface area contributed by atoms with Crippen molar-refractivity contribution in [2.75, 3.05) is 53.2 Å². The minimum absolute atomic E-state index is 0.0337. The van der Waals surface area contributed by atoms with Crippen LogP contribution in [0.4, 0.5) is 8.78 Å². The van der Waals surface area contributed by atoms with Crippen LogP contribution in [0.5, 0.6) is 0 Å². The Hall–Kier alpha value is -2.42. The molecule has 2 aromatic rings. The van der Waals surface area contributed by atoms with Crippen molar-refractivity contribution in [2.45, 2.75) is 43.9 Å². The van der Waals surface area contributed by atoms with Crippen molar-refractivity contribution >= 4 is 10.9 Å². The third-order valence-corrected chi connectivity index (χ3v) is 7.64. The van der Waals surface area contributed by atoms with Crippen LogP contribution in [-0.2, 0) is 20.6 Å². The zero-order chi connectivity index (χ0) is 25.1. The van der Waals surface area contributed by atoms with Gasteiger partial charge in [0.15, 0.2) is 5.67 Å². The summed E-state index contributed by atoms with van der Waals surface area (Å²) in [5.41, 5.74) is 2.22. The van der Waals surface area contributed by atoms with Gasteiger partial charge in [0.1, 0.15) is 12.4 Å². The highest BCUT2D eigenvalue weighted by Crippen LogP contribution is 2.47. The average molecular weight is 502 g/mol. The van der Waals surface area contributed by atoms with Crippen molar-refractivity contribution in [3.63, 3.8) is 0 Å². The first kappa shape index (κ1) is 25.2. The number of nitrogens with one attached hydrogen (secondary N) is 2. The quantitative estimate of drug-likeness (QED) is 0.441. The molecule has 0 amide bonds. The Kier molecular flexibility index (Phi) is 7.65. The van der Waals surface area contributed by atoms with Gasteiger partial charge in [-0.25, -0.2) is 4.39 Å². The topological polar surface area (TPSA) is 58.8 Å². The van der Waals surface area contributed by atoms with E-state index in [4.69, 9.17) is 14.2 Å². The Morgan fingerprint density at radius 1 is 1.19 bits per heavy atom.